The first-order valence-corrected chi connectivity index (χ1v) is 8.98. The molecule has 4 unspecified atom stereocenters. The Labute approximate surface area is 133 Å². The summed E-state index contributed by atoms with van der Waals surface area (Å²) in [5.41, 5.74) is 6.06. The maximum atomic E-state index is 12.4. The van der Waals surface area contributed by atoms with Crippen molar-refractivity contribution in [3.05, 3.63) is 28.2 Å². The Hall–Kier alpha value is -0.370. The third-order valence-electron chi connectivity index (χ3n) is 4.11. The van der Waals surface area contributed by atoms with Gasteiger partial charge in [0.1, 0.15) is 0 Å². The molecule has 1 aromatic carbocycles. The lowest BCUT2D eigenvalue weighted by Crippen LogP contribution is -2.71. The van der Waals surface area contributed by atoms with Crippen LogP contribution < -0.4 is 10.5 Å². The first-order chi connectivity index (χ1) is 9.88. The summed E-state index contributed by atoms with van der Waals surface area (Å²) >= 11 is 11.7. The van der Waals surface area contributed by atoms with E-state index in [1.54, 1.807) is 0 Å². The highest BCUT2D eigenvalue weighted by molar-refractivity contribution is 7.89. The summed E-state index contributed by atoms with van der Waals surface area (Å²) in [5, 5.41) is 0.542. The Bertz CT molecular complexity index is 633. The third-order valence-corrected chi connectivity index (χ3v) is 5.99. The van der Waals surface area contributed by atoms with E-state index in [1.165, 1.54) is 18.2 Å². The van der Waals surface area contributed by atoms with Gasteiger partial charge < -0.3 is 10.5 Å². The number of fused-ring (bicyclic) bond motifs is 1. The van der Waals surface area contributed by atoms with Crippen LogP contribution in [0, 0.1) is 5.92 Å². The van der Waals surface area contributed by atoms with Crippen LogP contribution in [0.5, 0.6) is 0 Å². The molecule has 3 rings (SSSR count). The molecule has 1 aromatic rings. The molecule has 3 N–H and O–H groups in total. The molecule has 1 aliphatic heterocycles. The Morgan fingerprint density at radius 2 is 1.90 bits per heavy atom. The number of hydrogen-bond donors (Lipinski definition) is 2. The standard InChI is InChI=1S/C13H16Cl2N2O3S/c14-7-4-8(15)6-9(5-7)21(18,19)17-12-11(16)10-2-1-3-20-13(10)12/h4-6,10-13,17H,1-3,16H2. The normalized spacial score (nSPS) is 32.3. The van der Waals surface area contributed by atoms with Gasteiger partial charge in [0.25, 0.3) is 0 Å². The van der Waals surface area contributed by atoms with Gasteiger partial charge in [-0.25, -0.2) is 13.1 Å². The van der Waals surface area contributed by atoms with Crippen molar-refractivity contribution in [2.75, 3.05) is 6.61 Å². The van der Waals surface area contributed by atoms with E-state index in [-0.39, 0.29) is 33.0 Å². The SMILES string of the molecule is NC1C2CCCOC2C1NS(=O)(=O)c1cc(Cl)cc(Cl)c1. The quantitative estimate of drug-likeness (QED) is 0.870. The van der Waals surface area contributed by atoms with Gasteiger partial charge >= 0.3 is 0 Å². The molecule has 8 heteroatoms. The summed E-state index contributed by atoms with van der Waals surface area (Å²) in [6.45, 7) is 0.648. The lowest BCUT2D eigenvalue weighted by molar-refractivity contribution is -0.114. The summed E-state index contributed by atoms with van der Waals surface area (Å²) in [4.78, 5) is 0.0338. The van der Waals surface area contributed by atoms with Crippen LogP contribution in [-0.2, 0) is 14.8 Å². The van der Waals surface area contributed by atoms with Gasteiger partial charge in [0.15, 0.2) is 0 Å². The van der Waals surface area contributed by atoms with Gasteiger partial charge in [0, 0.05) is 28.6 Å². The van der Waals surface area contributed by atoms with E-state index in [1.807, 2.05) is 0 Å². The number of nitrogens with two attached hydrogens (primary N) is 1. The molecule has 0 spiro atoms. The lowest BCUT2D eigenvalue weighted by Gasteiger charge is -2.52. The first kappa shape index (κ1) is 15.5. The molecule has 1 saturated heterocycles. The number of ether oxygens (including phenoxy) is 1. The fourth-order valence-corrected chi connectivity index (χ4v) is 5.03. The van der Waals surface area contributed by atoms with Crippen molar-refractivity contribution in [3.63, 3.8) is 0 Å². The van der Waals surface area contributed by atoms with Crippen molar-refractivity contribution in [3.8, 4) is 0 Å². The van der Waals surface area contributed by atoms with Crippen LogP contribution in [0.25, 0.3) is 0 Å². The smallest absolute Gasteiger partial charge is 0.241 e. The molecule has 1 aliphatic carbocycles. The van der Waals surface area contributed by atoms with Crippen molar-refractivity contribution >= 4 is 33.2 Å². The van der Waals surface area contributed by atoms with Crippen molar-refractivity contribution in [2.24, 2.45) is 11.7 Å². The van der Waals surface area contributed by atoms with Crippen molar-refractivity contribution < 1.29 is 13.2 Å². The largest absolute Gasteiger partial charge is 0.376 e. The Kier molecular flexibility index (Phi) is 4.20. The van der Waals surface area contributed by atoms with Crippen LogP contribution in [0.2, 0.25) is 10.0 Å². The van der Waals surface area contributed by atoms with E-state index in [0.717, 1.165) is 12.8 Å². The van der Waals surface area contributed by atoms with Crippen LogP contribution in [0.4, 0.5) is 0 Å². The molecule has 21 heavy (non-hydrogen) atoms. The number of hydrogen-bond acceptors (Lipinski definition) is 4. The highest BCUT2D eigenvalue weighted by Crippen LogP contribution is 2.37. The number of rotatable bonds is 3. The second-order valence-electron chi connectivity index (χ2n) is 5.47. The van der Waals surface area contributed by atoms with E-state index in [0.29, 0.717) is 6.61 Å². The number of nitrogens with one attached hydrogen (secondary N) is 1. The molecular formula is C13H16Cl2N2O3S. The van der Waals surface area contributed by atoms with Crippen LogP contribution in [0.1, 0.15) is 12.8 Å². The molecule has 1 saturated carbocycles. The zero-order valence-electron chi connectivity index (χ0n) is 11.1. The molecule has 0 aromatic heterocycles. The van der Waals surface area contributed by atoms with E-state index in [9.17, 15) is 8.42 Å². The van der Waals surface area contributed by atoms with Gasteiger partial charge in [0.2, 0.25) is 10.0 Å². The second kappa shape index (κ2) is 5.68. The van der Waals surface area contributed by atoms with Crippen molar-refractivity contribution in [1.82, 2.24) is 4.72 Å². The summed E-state index contributed by atoms with van der Waals surface area (Å²) in [6, 6.07) is 3.58. The highest BCUT2D eigenvalue weighted by Gasteiger charge is 2.51. The second-order valence-corrected chi connectivity index (χ2v) is 8.06. The van der Waals surface area contributed by atoms with Gasteiger partial charge in [-0.3, -0.25) is 0 Å². The predicted octanol–water partition coefficient (Wildman–Crippen LogP) is 1.78. The van der Waals surface area contributed by atoms with Crippen LogP contribution in [-0.4, -0.2) is 33.2 Å². The molecule has 5 nitrogen and oxygen atoms in total. The summed E-state index contributed by atoms with van der Waals surface area (Å²) in [7, 11) is -3.73. The summed E-state index contributed by atoms with van der Waals surface area (Å²) in [6.07, 6.45) is 1.81. The Morgan fingerprint density at radius 3 is 2.57 bits per heavy atom. The van der Waals surface area contributed by atoms with E-state index in [4.69, 9.17) is 33.7 Å². The molecule has 0 radical (unpaired) electrons. The molecular weight excluding hydrogens is 335 g/mol. The van der Waals surface area contributed by atoms with Gasteiger partial charge in [-0.1, -0.05) is 23.2 Å². The fourth-order valence-electron chi connectivity index (χ4n) is 3.02. The monoisotopic (exact) mass is 350 g/mol. The summed E-state index contributed by atoms with van der Waals surface area (Å²) in [5.74, 6) is 0.231. The van der Waals surface area contributed by atoms with Crippen LogP contribution >= 0.6 is 23.2 Å². The minimum absolute atomic E-state index is 0.0338. The minimum Gasteiger partial charge on any atom is -0.376 e. The fraction of sp³-hybridized carbons (Fsp3) is 0.538. The van der Waals surface area contributed by atoms with Crippen molar-refractivity contribution in [2.45, 2.75) is 35.9 Å². The topological polar surface area (TPSA) is 81.4 Å². The zero-order valence-corrected chi connectivity index (χ0v) is 13.5. The number of halogens is 2. The van der Waals surface area contributed by atoms with E-state index < -0.39 is 16.1 Å². The first-order valence-electron chi connectivity index (χ1n) is 6.74. The molecule has 1 heterocycles. The number of benzene rings is 1. The van der Waals surface area contributed by atoms with Crippen molar-refractivity contribution in [1.29, 1.82) is 0 Å². The molecule has 2 fully saturated rings. The van der Waals surface area contributed by atoms with Crippen LogP contribution in [0.3, 0.4) is 0 Å². The number of sulfonamides is 1. The maximum Gasteiger partial charge on any atom is 0.241 e. The molecule has 2 aliphatic rings. The lowest BCUT2D eigenvalue weighted by atomic mass is 9.69. The van der Waals surface area contributed by atoms with E-state index in [2.05, 4.69) is 4.72 Å². The molecule has 0 amide bonds. The zero-order chi connectivity index (χ0) is 15.2. The van der Waals surface area contributed by atoms with Gasteiger partial charge in [-0.15, -0.1) is 0 Å². The average Bonchev–Trinajstić information content (AvgIpc) is 2.43. The van der Waals surface area contributed by atoms with E-state index >= 15 is 0 Å². The maximum absolute atomic E-state index is 12.4. The molecule has 4 atom stereocenters. The van der Waals surface area contributed by atoms with Gasteiger partial charge in [-0.05, 0) is 31.0 Å². The molecule has 116 valence electrons. The predicted molar refractivity (Wildman–Crippen MR) is 81.0 cm³/mol. The Balaban J connectivity index is 1.80. The van der Waals surface area contributed by atoms with Gasteiger partial charge in [-0.2, -0.15) is 0 Å². The molecule has 0 bridgehead atoms. The average molecular weight is 351 g/mol. The highest BCUT2D eigenvalue weighted by atomic mass is 35.5. The summed E-state index contributed by atoms with van der Waals surface area (Å²) < 4.78 is 33.1. The minimum atomic E-state index is -3.73. The third kappa shape index (κ3) is 2.93. The van der Waals surface area contributed by atoms with Crippen LogP contribution in [0.15, 0.2) is 23.1 Å². The van der Waals surface area contributed by atoms with Gasteiger partial charge in [0.05, 0.1) is 17.0 Å². The Morgan fingerprint density at radius 1 is 1.24 bits per heavy atom.